The molecule has 0 fully saturated rings. The van der Waals surface area contributed by atoms with E-state index in [-0.39, 0.29) is 6.01 Å². The van der Waals surface area contributed by atoms with Gasteiger partial charge in [0.05, 0.1) is 29.7 Å². The summed E-state index contributed by atoms with van der Waals surface area (Å²) in [4.78, 5) is 7.95. The first-order chi connectivity index (χ1) is 8.60. The molecule has 5 heteroatoms. The smallest absolute Gasteiger partial charge is 0.322 e. The summed E-state index contributed by atoms with van der Waals surface area (Å²) < 4.78 is 5.61. The lowest BCUT2D eigenvalue weighted by atomic mass is 10.1. The molecule has 0 aliphatic carbocycles. The fourth-order valence-corrected chi connectivity index (χ4v) is 1.65. The molecule has 2 rings (SSSR count). The van der Waals surface area contributed by atoms with Gasteiger partial charge in [-0.25, -0.2) is 9.97 Å². The molecule has 0 radical (unpaired) electrons. The molecule has 1 aromatic carbocycles. The minimum atomic E-state index is 0.236. The summed E-state index contributed by atoms with van der Waals surface area (Å²) in [6.07, 6.45) is 2.97. The van der Waals surface area contributed by atoms with E-state index in [1.807, 2.05) is 13.8 Å². The Balaban J connectivity index is 2.35. The SMILES string of the molecule is Cc1cc(C#N)cc(C)c1Oc1ncc(N)cn1. The predicted octanol–water partition coefficient (Wildman–Crippen LogP) is 2.34. The van der Waals surface area contributed by atoms with Gasteiger partial charge < -0.3 is 10.5 Å². The molecule has 0 saturated heterocycles. The van der Waals surface area contributed by atoms with Crippen LogP contribution in [0.15, 0.2) is 24.5 Å². The lowest BCUT2D eigenvalue weighted by molar-refractivity contribution is 0.435. The van der Waals surface area contributed by atoms with Crippen LogP contribution in [-0.4, -0.2) is 9.97 Å². The zero-order valence-corrected chi connectivity index (χ0v) is 10.1. The Labute approximate surface area is 105 Å². The lowest BCUT2D eigenvalue weighted by Crippen LogP contribution is -1.97. The number of hydrogen-bond acceptors (Lipinski definition) is 5. The number of nitriles is 1. The van der Waals surface area contributed by atoms with E-state index in [0.717, 1.165) is 11.1 Å². The topological polar surface area (TPSA) is 84.8 Å². The highest BCUT2D eigenvalue weighted by atomic mass is 16.5. The van der Waals surface area contributed by atoms with Crippen molar-refractivity contribution in [1.82, 2.24) is 9.97 Å². The van der Waals surface area contributed by atoms with Crippen LogP contribution in [0.3, 0.4) is 0 Å². The molecule has 18 heavy (non-hydrogen) atoms. The third-order valence-corrected chi connectivity index (χ3v) is 2.43. The summed E-state index contributed by atoms with van der Waals surface area (Å²) >= 11 is 0. The van der Waals surface area contributed by atoms with Crippen LogP contribution in [-0.2, 0) is 0 Å². The first kappa shape index (κ1) is 11.9. The van der Waals surface area contributed by atoms with Gasteiger partial charge in [-0.3, -0.25) is 0 Å². The van der Waals surface area contributed by atoms with Gasteiger partial charge in [-0.1, -0.05) is 0 Å². The van der Waals surface area contributed by atoms with E-state index in [0.29, 0.717) is 17.0 Å². The van der Waals surface area contributed by atoms with E-state index in [9.17, 15) is 0 Å². The Morgan fingerprint density at radius 2 is 1.72 bits per heavy atom. The van der Waals surface area contributed by atoms with Gasteiger partial charge in [0.2, 0.25) is 0 Å². The molecule has 0 bridgehead atoms. The number of nitrogen functional groups attached to an aromatic ring is 1. The molecular formula is C13H12N4O. The van der Waals surface area contributed by atoms with Crippen molar-refractivity contribution in [2.45, 2.75) is 13.8 Å². The molecule has 1 heterocycles. The van der Waals surface area contributed by atoms with Crippen LogP contribution in [0, 0.1) is 25.2 Å². The highest BCUT2D eigenvalue weighted by Gasteiger charge is 2.09. The quantitative estimate of drug-likeness (QED) is 0.870. The molecular weight excluding hydrogens is 228 g/mol. The standard InChI is InChI=1S/C13H12N4O/c1-8-3-10(5-14)4-9(2)12(8)18-13-16-6-11(15)7-17-13/h3-4,6-7H,15H2,1-2H3. The Kier molecular flexibility index (Phi) is 3.11. The molecule has 0 spiro atoms. The fraction of sp³-hybridized carbons (Fsp3) is 0.154. The molecule has 0 atom stereocenters. The van der Waals surface area contributed by atoms with Gasteiger partial charge in [0.25, 0.3) is 0 Å². The van der Waals surface area contributed by atoms with Crippen molar-refractivity contribution in [3.05, 3.63) is 41.2 Å². The van der Waals surface area contributed by atoms with Gasteiger partial charge in [-0.15, -0.1) is 0 Å². The lowest BCUT2D eigenvalue weighted by Gasteiger charge is -2.10. The molecule has 1 aromatic heterocycles. The van der Waals surface area contributed by atoms with Crippen LogP contribution < -0.4 is 10.5 Å². The first-order valence-electron chi connectivity index (χ1n) is 5.37. The van der Waals surface area contributed by atoms with Crippen LogP contribution in [0.4, 0.5) is 5.69 Å². The van der Waals surface area contributed by atoms with E-state index in [4.69, 9.17) is 15.7 Å². The van der Waals surface area contributed by atoms with Crippen molar-refractivity contribution in [3.63, 3.8) is 0 Å². The van der Waals surface area contributed by atoms with Gasteiger partial charge >= 0.3 is 6.01 Å². The summed E-state index contributed by atoms with van der Waals surface area (Å²) in [5.41, 5.74) is 8.33. The summed E-state index contributed by atoms with van der Waals surface area (Å²) in [6.45, 7) is 3.75. The third-order valence-electron chi connectivity index (χ3n) is 2.43. The van der Waals surface area contributed by atoms with Gasteiger partial charge in [0, 0.05) is 0 Å². The number of rotatable bonds is 2. The molecule has 0 amide bonds. The number of nitrogens with zero attached hydrogens (tertiary/aromatic N) is 3. The summed E-state index contributed by atoms with van der Waals surface area (Å²) in [5, 5.41) is 8.87. The van der Waals surface area contributed by atoms with Crippen molar-refractivity contribution in [2.24, 2.45) is 0 Å². The van der Waals surface area contributed by atoms with Crippen LogP contribution in [0.5, 0.6) is 11.8 Å². The molecule has 0 unspecified atom stereocenters. The van der Waals surface area contributed by atoms with Crippen LogP contribution >= 0.6 is 0 Å². The minimum absolute atomic E-state index is 0.236. The fourth-order valence-electron chi connectivity index (χ4n) is 1.65. The van der Waals surface area contributed by atoms with E-state index >= 15 is 0 Å². The molecule has 0 aliphatic rings. The third kappa shape index (κ3) is 2.38. The maximum Gasteiger partial charge on any atom is 0.322 e. The second-order valence-corrected chi connectivity index (χ2v) is 3.95. The number of nitrogens with two attached hydrogens (primary N) is 1. The van der Waals surface area contributed by atoms with Crippen molar-refractivity contribution in [3.8, 4) is 17.8 Å². The predicted molar refractivity (Wildman–Crippen MR) is 67.1 cm³/mol. The maximum atomic E-state index is 8.87. The minimum Gasteiger partial charge on any atom is -0.424 e. The van der Waals surface area contributed by atoms with Crippen molar-refractivity contribution in [1.29, 1.82) is 5.26 Å². The summed E-state index contributed by atoms with van der Waals surface area (Å²) in [6, 6.07) is 5.87. The Bertz CT molecular complexity index is 591. The van der Waals surface area contributed by atoms with Crippen molar-refractivity contribution < 1.29 is 4.74 Å². The Hall–Kier alpha value is -2.61. The summed E-state index contributed by atoms with van der Waals surface area (Å²) in [5.74, 6) is 0.666. The number of hydrogen-bond donors (Lipinski definition) is 1. The van der Waals surface area contributed by atoms with Gasteiger partial charge in [-0.05, 0) is 37.1 Å². The average Bonchev–Trinajstić information content (AvgIpc) is 2.35. The number of ether oxygens (including phenoxy) is 1. The summed E-state index contributed by atoms with van der Waals surface area (Å²) in [7, 11) is 0. The van der Waals surface area contributed by atoms with E-state index < -0.39 is 0 Å². The van der Waals surface area contributed by atoms with E-state index in [1.54, 1.807) is 12.1 Å². The molecule has 2 N–H and O–H groups in total. The van der Waals surface area contributed by atoms with Crippen molar-refractivity contribution >= 4 is 5.69 Å². The first-order valence-corrected chi connectivity index (χ1v) is 5.37. The number of aromatic nitrogens is 2. The van der Waals surface area contributed by atoms with E-state index in [1.165, 1.54) is 12.4 Å². The monoisotopic (exact) mass is 240 g/mol. The van der Waals surface area contributed by atoms with Crippen molar-refractivity contribution in [2.75, 3.05) is 5.73 Å². The molecule has 2 aromatic rings. The second-order valence-electron chi connectivity index (χ2n) is 3.95. The van der Waals surface area contributed by atoms with Gasteiger partial charge in [0.1, 0.15) is 5.75 Å². The highest BCUT2D eigenvalue weighted by Crippen LogP contribution is 2.27. The maximum absolute atomic E-state index is 8.87. The number of aryl methyl sites for hydroxylation is 2. The Morgan fingerprint density at radius 1 is 1.17 bits per heavy atom. The van der Waals surface area contributed by atoms with Crippen LogP contribution in [0.2, 0.25) is 0 Å². The largest absolute Gasteiger partial charge is 0.424 e. The molecule has 5 nitrogen and oxygen atoms in total. The zero-order valence-electron chi connectivity index (χ0n) is 10.1. The average molecular weight is 240 g/mol. The number of anilines is 1. The van der Waals surface area contributed by atoms with Gasteiger partial charge in [-0.2, -0.15) is 5.26 Å². The highest BCUT2D eigenvalue weighted by molar-refractivity contribution is 5.48. The van der Waals surface area contributed by atoms with Gasteiger partial charge in [0.15, 0.2) is 0 Å². The normalized spacial score (nSPS) is 9.83. The molecule has 90 valence electrons. The van der Waals surface area contributed by atoms with Crippen LogP contribution in [0.25, 0.3) is 0 Å². The molecule has 0 aliphatic heterocycles. The number of benzene rings is 1. The Morgan fingerprint density at radius 3 is 2.22 bits per heavy atom. The second kappa shape index (κ2) is 4.72. The zero-order chi connectivity index (χ0) is 13.1. The molecule has 0 saturated carbocycles. The van der Waals surface area contributed by atoms with E-state index in [2.05, 4.69) is 16.0 Å². The van der Waals surface area contributed by atoms with Crippen LogP contribution in [0.1, 0.15) is 16.7 Å².